The molecule has 1 amide bonds. The molecule has 0 aliphatic heterocycles. The SMILES string of the molecule is Cc1cccc(Oc2nnc(C34CC(NC(=O)COc5ccc(C)c(F)c5)(C3)C4)o2)c1. The van der Waals surface area contributed by atoms with Gasteiger partial charge < -0.3 is 19.2 Å². The van der Waals surface area contributed by atoms with E-state index in [-0.39, 0.29) is 35.4 Å². The number of amides is 1. The molecule has 0 saturated heterocycles. The minimum Gasteiger partial charge on any atom is -0.484 e. The van der Waals surface area contributed by atoms with Crippen molar-refractivity contribution >= 4 is 5.91 Å². The number of carbonyl (C=O) groups excluding carboxylic acids is 1. The summed E-state index contributed by atoms with van der Waals surface area (Å²) in [7, 11) is 0. The lowest BCUT2D eigenvalue weighted by molar-refractivity contribution is -0.143. The second-order valence-corrected chi connectivity index (χ2v) is 8.63. The number of hydrogen-bond acceptors (Lipinski definition) is 6. The summed E-state index contributed by atoms with van der Waals surface area (Å²) < 4.78 is 30.4. The molecule has 1 heterocycles. The van der Waals surface area contributed by atoms with Gasteiger partial charge in [0.1, 0.15) is 17.3 Å². The average Bonchev–Trinajstić information content (AvgIpc) is 3.12. The molecule has 3 aromatic rings. The summed E-state index contributed by atoms with van der Waals surface area (Å²) in [6.07, 6.45) is 2.31. The molecular formula is C23H22FN3O4. The molecule has 160 valence electrons. The number of hydrogen-bond donors (Lipinski definition) is 1. The Hall–Kier alpha value is -3.42. The van der Waals surface area contributed by atoms with Gasteiger partial charge in [0.25, 0.3) is 5.91 Å². The molecule has 1 N–H and O–H groups in total. The molecule has 3 aliphatic rings. The van der Waals surface area contributed by atoms with Gasteiger partial charge in [0.2, 0.25) is 5.89 Å². The standard InChI is InChI=1S/C23H22FN3O4/c1-14-4-3-5-17(8-14)30-21-27-26-20(31-21)22-11-23(12-22,13-22)25-19(28)10-29-16-7-6-15(2)18(24)9-16/h3-9H,10-13H2,1-2H3,(H,25,28). The highest BCUT2D eigenvalue weighted by atomic mass is 19.1. The lowest BCUT2D eigenvalue weighted by Gasteiger charge is -2.68. The number of ether oxygens (including phenoxy) is 2. The number of carbonyl (C=O) groups is 1. The van der Waals surface area contributed by atoms with Crippen LogP contribution in [0.1, 0.15) is 36.3 Å². The number of halogens is 1. The third-order valence-corrected chi connectivity index (χ3v) is 6.00. The molecule has 6 rings (SSSR count). The van der Waals surface area contributed by atoms with Crippen LogP contribution in [0.3, 0.4) is 0 Å². The van der Waals surface area contributed by atoms with Crippen LogP contribution in [0.2, 0.25) is 0 Å². The summed E-state index contributed by atoms with van der Waals surface area (Å²) in [6, 6.07) is 12.1. The number of aromatic nitrogens is 2. The Morgan fingerprint density at radius 1 is 1.13 bits per heavy atom. The van der Waals surface area contributed by atoms with Crippen molar-refractivity contribution in [2.75, 3.05) is 6.61 Å². The van der Waals surface area contributed by atoms with E-state index in [1.807, 2.05) is 31.2 Å². The highest BCUT2D eigenvalue weighted by Crippen LogP contribution is 2.67. The maximum atomic E-state index is 13.6. The Balaban J connectivity index is 1.13. The quantitative estimate of drug-likeness (QED) is 0.619. The minimum absolute atomic E-state index is 0.113. The number of benzene rings is 2. The predicted octanol–water partition coefficient (Wildman–Crippen LogP) is 3.99. The van der Waals surface area contributed by atoms with Crippen molar-refractivity contribution in [1.29, 1.82) is 0 Å². The fourth-order valence-corrected chi connectivity index (χ4v) is 4.54. The molecule has 3 fully saturated rings. The van der Waals surface area contributed by atoms with Gasteiger partial charge in [0.15, 0.2) is 6.61 Å². The molecule has 8 heteroatoms. The van der Waals surface area contributed by atoms with Crippen molar-refractivity contribution in [3.8, 4) is 17.6 Å². The van der Waals surface area contributed by atoms with E-state index in [1.165, 1.54) is 6.07 Å². The zero-order valence-electron chi connectivity index (χ0n) is 17.3. The average molecular weight is 423 g/mol. The van der Waals surface area contributed by atoms with E-state index in [9.17, 15) is 9.18 Å². The van der Waals surface area contributed by atoms with Crippen molar-refractivity contribution in [3.05, 3.63) is 65.3 Å². The van der Waals surface area contributed by atoms with Gasteiger partial charge in [0, 0.05) is 11.6 Å². The van der Waals surface area contributed by atoms with Crippen molar-refractivity contribution in [2.24, 2.45) is 0 Å². The van der Waals surface area contributed by atoms with Crippen LogP contribution in [0.5, 0.6) is 17.6 Å². The largest absolute Gasteiger partial charge is 0.484 e. The van der Waals surface area contributed by atoms with Gasteiger partial charge in [-0.25, -0.2) is 4.39 Å². The van der Waals surface area contributed by atoms with Crippen LogP contribution in [0.25, 0.3) is 0 Å². The van der Waals surface area contributed by atoms with E-state index in [0.717, 1.165) is 24.8 Å². The first-order chi connectivity index (χ1) is 14.8. The molecule has 0 radical (unpaired) electrons. The van der Waals surface area contributed by atoms with Gasteiger partial charge in [0.05, 0.1) is 5.41 Å². The zero-order valence-corrected chi connectivity index (χ0v) is 17.3. The van der Waals surface area contributed by atoms with Crippen LogP contribution >= 0.6 is 0 Å². The number of nitrogens with one attached hydrogen (secondary N) is 1. The van der Waals surface area contributed by atoms with Crippen molar-refractivity contribution in [2.45, 2.75) is 44.1 Å². The van der Waals surface area contributed by atoms with Crippen LogP contribution in [0, 0.1) is 19.7 Å². The Kier molecular flexibility index (Phi) is 4.46. The molecule has 2 bridgehead atoms. The molecular weight excluding hydrogens is 401 g/mol. The summed E-state index contributed by atoms with van der Waals surface area (Å²) >= 11 is 0. The highest BCUT2D eigenvalue weighted by Gasteiger charge is 2.71. The maximum absolute atomic E-state index is 13.6. The van der Waals surface area contributed by atoms with Gasteiger partial charge in [-0.05, 0) is 62.4 Å². The van der Waals surface area contributed by atoms with Crippen molar-refractivity contribution < 1.29 is 23.1 Å². The number of rotatable bonds is 7. The minimum atomic E-state index is -0.357. The monoisotopic (exact) mass is 423 g/mol. The van der Waals surface area contributed by atoms with Crippen molar-refractivity contribution in [1.82, 2.24) is 15.5 Å². The van der Waals surface area contributed by atoms with Crippen molar-refractivity contribution in [3.63, 3.8) is 0 Å². The third-order valence-electron chi connectivity index (χ3n) is 6.00. The fraction of sp³-hybridized carbons (Fsp3) is 0.348. The van der Waals surface area contributed by atoms with Crippen LogP contribution in [-0.2, 0) is 10.2 Å². The zero-order chi connectivity index (χ0) is 21.6. The molecule has 3 aliphatic carbocycles. The summed E-state index contributed by atoms with van der Waals surface area (Å²) in [5, 5.41) is 11.2. The summed E-state index contributed by atoms with van der Waals surface area (Å²) in [5.41, 5.74) is 1.15. The molecule has 31 heavy (non-hydrogen) atoms. The Morgan fingerprint density at radius 2 is 1.94 bits per heavy atom. The van der Waals surface area contributed by atoms with Crippen LogP contribution in [0.15, 0.2) is 46.9 Å². The first kappa shape index (κ1) is 19.5. The number of aryl methyl sites for hydroxylation is 2. The molecule has 1 aromatic heterocycles. The predicted molar refractivity (Wildman–Crippen MR) is 109 cm³/mol. The van der Waals surface area contributed by atoms with Gasteiger partial charge in [-0.3, -0.25) is 4.79 Å². The molecule has 7 nitrogen and oxygen atoms in total. The van der Waals surface area contributed by atoms with Gasteiger partial charge in [-0.15, -0.1) is 5.10 Å². The van der Waals surface area contributed by atoms with E-state index < -0.39 is 0 Å². The van der Waals surface area contributed by atoms with Gasteiger partial charge >= 0.3 is 6.08 Å². The third kappa shape index (κ3) is 3.62. The summed E-state index contributed by atoms with van der Waals surface area (Å²) in [4.78, 5) is 12.3. The summed E-state index contributed by atoms with van der Waals surface area (Å²) in [6.45, 7) is 3.49. The topological polar surface area (TPSA) is 86.5 Å². The molecule has 0 spiro atoms. The lowest BCUT2D eigenvalue weighted by Crippen LogP contribution is -2.77. The first-order valence-electron chi connectivity index (χ1n) is 10.1. The van der Waals surface area contributed by atoms with Crippen LogP contribution in [-0.4, -0.2) is 28.3 Å². The van der Waals surface area contributed by atoms with E-state index in [4.69, 9.17) is 13.9 Å². The van der Waals surface area contributed by atoms with E-state index in [2.05, 4.69) is 15.5 Å². The second-order valence-electron chi connectivity index (χ2n) is 8.63. The Labute approximate surface area is 178 Å². The highest BCUT2D eigenvalue weighted by molar-refractivity contribution is 5.79. The van der Waals surface area contributed by atoms with Gasteiger partial charge in [-0.2, -0.15) is 0 Å². The van der Waals surface area contributed by atoms with E-state index in [1.54, 1.807) is 19.1 Å². The smallest absolute Gasteiger partial charge is 0.420 e. The first-order valence-corrected chi connectivity index (χ1v) is 10.1. The normalized spacial score (nSPS) is 23.5. The molecule has 2 aromatic carbocycles. The van der Waals surface area contributed by atoms with E-state index >= 15 is 0 Å². The van der Waals surface area contributed by atoms with Crippen LogP contribution < -0.4 is 14.8 Å². The molecule has 0 unspecified atom stereocenters. The maximum Gasteiger partial charge on any atom is 0.420 e. The van der Waals surface area contributed by atoms with E-state index in [0.29, 0.717) is 23.0 Å². The number of nitrogens with zero attached hydrogens (tertiary/aromatic N) is 2. The second kappa shape index (κ2) is 7.08. The molecule has 0 atom stereocenters. The lowest BCUT2D eigenvalue weighted by atomic mass is 9.39. The van der Waals surface area contributed by atoms with Crippen LogP contribution in [0.4, 0.5) is 4.39 Å². The fourth-order valence-electron chi connectivity index (χ4n) is 4.54. The Morgan fingerprint density at radius 3 is 2.68 bits per heavy atom. The van der Waals surface area contributed by atoms with Gasteiger partial charge in [-0.1, -0.05) is 23.3 Å². The molecule has 3 saturated carbocycles. The Bertz CT molecular complexity index is 1140. The summed E-state index contributed by atoms with van der Waals surface area (Å²) in [5.74, 6) is 0.926.